The molecule has 4 aromatic carbocycles. The van der Waals surface area contributed by atoms with Gasteiger partial charge in [0.1, 0.15) is 21.3 Å². The SMILES string of the molecule is CC(C)CC(C)(c1ccc(OS(=O)(=O)C2=CC(=[N+]=[N-])C(=O)c3ccccc32)cc1)c1ccc(OS(=O)(=O)C2=CC(=[N+]=[N-])C(=O)c3ccccc32)cc1. The van der Waals surface area contributed by atoms with Crippen LogP contribution in [0.15, 0.2) is 109 Å². The van der Waals surface area contributed by atoms with Gasteiger partial charge in [0.2, 0.25) is 0 Å². The number of ketones is 2. The molecule has 0 radical (unpaired) electrons. The number of hydrogen-bond donors (Lipinski definition) is 0. The van der Waals surface area contributed by atoms with Crippen LogP contribution in [0, 0.1) is 5.92 Å². The maximum absolute atomic E-state index is 13.4. The van der Waals surface area contributed by atoms with E-state index in [2.05, 4.69) is 23.4 Å². The van der Waals surface area contributed by atoms with Crippen molar-refractivity contribution in [3.63, 3.8) is 0 Å². The van der Waals surface area contributed by atoms with Crippen molar-refractivity contribution >= 4 is 53.0 Å². The van der Waals surface area contributed by atoms with Gasteiger partial charge in [0, 0.05) is 27.7 Å². The fourth-order valence-corrected chi connectivity index (χ4v) is 8.80. The van der Waals surface area contributed by atoms with Crippen molar-refractivity contribution in [1.29, 1.82) is 0 Å². The van der Waals surface area contributed by atoms with Crippen LogP contribution in [0.5, 0.6) is 11.5 Å². The van der Waals surface area contributed by atoms with E-state index in [1.54, 1.807) is 48.5 Å². The van der Waals surface area contributed by atoms with E-state index in [-0.39, 0.29) is 49.5 Å². The van der Waals surface area contributed by atoms with Crippen LogP contribution in [0.1, 0.15) is 70.2 Å². The molecule has 0 saturated carbocycles. The Labute approximate surface area is 300 Å². The van der Waals surface area contributed by atoms with E-state index in [0.29, 0.717) is 6.42 Å². The van der Waals surface area contributed by atoms with Crippen LogP contribution in [0.2, 0.25) is 0 Å². The molecule has 0 saturated heterocycles. The van der Waals surface area contributed by atoms with Gasteiger partial charge in [0.25, 0.3) is 11.6 Å². The molecular formula is C38H30N4O8S2. The second-order valence-electron chi connectivity index (χ2n) is 12.8. The Balaban J connectivity index is 1.26. The molecular weight excluding hydrogens is 705 g/mol. The van der Waals surface area contributed by atoms with Crippen molar-refractivity contribution in [2.24, 2.45) is 5.92 Å². The van der Waals surface area contributed by atoms with Crippen molar-refractivity contribution < 1.29 is 44.4 Å². The Morgan fingerprint density at radius 1 is 0.596 bits per heavy atom. The molecule has 4 aromatic rings. The number of carbonyl (C=O) groups excluding carboxylic acids is 2. The average Bonchev–Trinajstić information content (AvgIpc) is 3.12. The van der Waals surface area contributed by atoms with Crippen LogP contribution in [0.3, 0.4) is 0 Å². The third kappa shape index (κ3) is 6.59. The quantitative estimate of drug-likeness (QED) is 0.103. The molecule has 2 aliphatic rings. The van der Waals surface area contributed by atoms with E-state index in [1.165, 1.54) is 48.5 Å². The molecule has 2 aliphatic carbocycles. The highest BCUT2D eigenvalue weighted by Gasteiger charge is 2.38. The maximum Gasteiger partial charge on any atom is 0.364 e. The summed E-state index contributed by atoms with van der Waals surface area (Å²) in [7, 11) is -8.95. The van der Waals surface area contributed by atoms with E-state index in [9.17, 15) is 37.5 Å². The number of allylic oxidation sites excluding steroid dienone is 2. The van der Waals surface area contributed by atoms with Gasteiger partial charge in [0.05, 0.1) is 12.2 Å². The molecule has 262 valence electrons. The molecule has 0 amide bonds. The molecule has 0 aromatic heterocycles. The maximum atomic E-state index is 13.4. The highest BCUT2D eigenvalue weighted by molar-refractivity contribution is 7.97. The number of hydrogen-bond acceptors (Lipinski definition) is 8. The molecule has 12 nitrogen and oxygen atoms in total. The normalized spacial score (nSPS) is 15.4. The topological polar surface area (TPSA) is 194 Å². The minimum Gasteiger partial charge on any atom is -0.379 e. The van der Waals surface area contributed by atoms with Crippen molar-refractivity contribution in [3.05, 3.63) is 154 Å². The zero-order valence-corrected chi connectivity index (χ0v) is 29.7. The van der Waals surface area contributed by atoms with Crippen LogP contribution in [0.4, 0.5) is 0 Å². The number of carbonyl (C=O) groups is 2. The summed E-state index contributed by atoms with van der Waals surface area (Å²) in [6, 6.07) is 25.1. The molecule has 14 heteroatoms. The lowest BCUT2D eigenvalue weighted by atomic mass is 9.71. The molecule has 0 bridgehead atoms. The fourth-order valence-electron chi connectivity index (χ4n) is 6.48. The zero-order chi connectivity index (χ0) is 37.4. The van der Waals surface area contributed by atoms with E-state index in [4.69, 9.17) is 8.37 Å². The number of Topliss-reactive ketones (excluding diaryl/α,β-unsaturated/α-hetero) is 2. The van der Waals surface area contributed by atoms with Gasteiger partial charge in [0.15, 0.2) is 0 Å². The molecule has 0 fully saturated rings. The predicted octanol–water partition coefficient (Wildman–Crippen LogP) is 6.27. The Morgan fingerprint density at radius 3 is 1.27 bits per heavy atom. The lowest BCUT2D eigenvalue weighted by molar-refractivity contribution is -0.00460. The van der Waals surface area contributed by atoms with Gasteiger partial charge in [-0.2, -0.15) is 26.4 Å². The highest BCUT2D eigenvalue weighted by atomic mass is 32.2. The Bertz CT molecular complexity index is 2370. The standard InChI is InChI=1S/C38H30N4O8S2/c1-23(2)22-38(3,24-12-16-26(17-13-24)49-51(45,46)34-20-32(41-39)36(43)30-10-6-4-8-28(30)34)25-14-18-27(19-15-25)50-52(47,48)35-21-33(42-40)37(44)31-11-7-5-9-29(31)35/h4-21,23H,22H2,1-3H3. The molecule has 0 heterocycles. The van der Waals surface area contributed by atoms with Gasteiger partial charge < -0.3 is 19.4 Å². The summed E-state index contributed by atoms with van der Waals surface area (Å²) in [6.07, 6.45) is 2.60. The minimum absolute atomic E-state index is 0.0112. The van der Waals surface area contributed by atoms with Gasteiger partial charge in [-0.3, -0.25) is 9.59 Å². The van der Waals surface area contributed by atoms with Gasteiger partial charge in [-0.15, -0.1) is 0 Å². The molecule has 52 heavy (non-hydrogen) atoms. The summed E-state index contributed by atoms with van der Waals surface area (Å²) in [5, 5.41) is 0. The molecule has 0 atom stereocenters. The molecule has 0 spiro atoms. The smallest absolute Gasteiger partial charge is 0.364 e. The van der Waals surface area contributed by atoms with Gasteiger partial charge in [-0.05, 0) is 47.7 Å². The summed E-state index contributed by atoms with van der Waals surface area (Å²) in [5.41, 5.74) is 19.2. The van der Waals surface area contributed by atoms with E-state index >= 15 is 0 Å². The second-order valence-corrected chi connectivity index (χ2v) is 15.8. The van der Waals surface area contributed by atoms with E-state index in [0.717, 1.165) is 23.3 Å². The van der Waals surface area contributed by atoms with Gasteiger partial charge in [-0.25, -0.2) is 0 Å². The summed E-state index contributed by atoms with van der Waals surface area (Å²) in [5.74, 6) is -1.01. The number of nitrogens with zero attached hydrogens (tertiary/aromatic N) is 4. The monoisotopic (exact) mass is 734 g/mol. The zero-order valence-electron chi connectivity index (χ0n) is 28.0. The predicted molar refractivity (Wildman–Crippen MR) is 193 cm³/mol. The first-order valence-electron chi connectivity index (χ1n) is 15.9. The molecule has 6 rings (SSSR count). The first kappa shape index (κ1) is 35.8. The third-order valence-corrected chi connectivity index (χ3v) is 11.4. The van der Waals surface area contributed by atoms with Crippen molar-refractivity contribution in [3.8, 4) is 11.5 Å². The molecule has 0 N–H and O–H groups in total. The third-order valence-electron chi connectivity index (χ3n) is 8.84. The van der Waals surface area contributed by atoms with Crippen molar-refractivity contribution in [2.75, 3.05) is 0 Å². The van der Waals surface area contributed by atoms with Crippen LogP contribution in [-0.4, -0.2) is 49.4 Å². The second kappa shape index (κ2) is 13.6. The lowest BCUT2D eigenvalue weighted by Gasteiger charge is -2.33. The summed E-state index contributed by atoms with van der Waals surface area (Å²) in [4.78, 5) is 30.4. The number of fused-ring (bicyclic) bond motifs is 2. The largest absolute Gasteiger partial charge is 0.379 e. The van der Waals surface area contributed by atoms with Gasteiger partial charge >= 0.3 is 31.7 Å². The summed E-state index contributed by atoms with van der Waals surface area (Å²) in [6.45, 7) is 6.13. The van der Waals surface area contributed by atoms with Crippen molar-refractivity contribution in [2.45, 2.75) is 32.6 Å². The fraction of sp³-hybridized carbons (Fsp3) is 0.158. The Hall–Kier alpha value is -6.04. The first-order valence-corrected chi connectivity index (χ1v) is 18.8. The average molecular weight is 735 g/mol. The van der Waals surface area contributed by atoms with E-state index in [1.807, 2.05) is 6.92 Å². The Morgan fingerprint density at radius 2 is 0.942 bits per heavy atom. The van der Waals surface area contributed by atoms with Crippen molar-refractivity contribution in [1.82, 2.24) is 0 Å². The van der Waals surface area contributed by atoms with Crippen LogP contribution in [0.25, 0.3) is 20.9 Å². The first-order chi connectivity index (χ1) is 24.7. The summed E-state index contributed by atoms with van der Waals surface area (Å²) >= 11 is 0. The summed E-state index contributed by atoms with van der Waals surface area (Å²) < 4.78 is 64.7. The number of rotatable bonds is 10. The number of benzene rings is 4. The van der Waals surface area contributed by atoms with E-state index < -0.39 is 48.6 Å². The Kier molecular flexibility index (Phi) is 9.35. The van der Waals surface area contributed by atoms with Crippen LogP contribution < -0.4 is 8.37 Å². The minimum atomic E-state index is -4.47. The molecule has 0 aliphatic heterocycles. The van der Waals surface area contributed by atoms with Gasteiger partial charge in [-0.1, -0.05) is 93.6 Å². The highest BCUT2D eigenvalue weighted by Crippen LogP contribution is 2.40. The lowest BCUT2D eigenvalue weighted by Crippen LogP contribution is -2.26. The van der Waals surface area contributed by atoms with Crippen LogP contribution in [-0.2, 0) is 25.7 Å². The molecule has 0 unspecified atom stereocenters. The van der Waals surface area contributed by atoms with Crippen LogP contribution >= 0.6 is 0 Å².